The van der Waals surface area contributed by atoms with E-state index in [1.165, 1.54) is 12.1 Å². The summed E-state index contributed by atoms with van der Waals surface area (Å²) >= 11 is 0. The van der Waals surface area contributed by atoms with Gasteiger partial charge in [-0.15, -0.1) is 0 Å². The number of anilines is 1. The first-order chi connectivity index (χ1) is 17.7. The number of hydrogen-bond donors (Lipinski definition) is 1. The van der Waals surface area contributed by atoms with Gasteiger partial charge in [-0.3, -0.25) is 14.5 Å². The van der Waals surface area contributed by atoms with E-state index in [1.807, 2.05) is 0 Å². The standard InChI is InChI=1S/C27H32F3N3O4/c1-36-22-15-21(16-23(17-22)37-2)31-25(34)24(18-5-3-4-6-18)32-11-13-33(14-12-32)26(35)19-7-9-20(10-8-19)27(28,29)30/h7-10,15-18,24H,3-6,11-14H2,1-2H3,(H,31,34)/t24-/m0/s1. The molecule has 1 aliphatic heterocycles. The van der Waals surface area contributed by atoms with Gasteiger partial charge in [-0.05, 0) is 43.0 Å². The molecule has 2 aliphatic rings. The highest BCUT2D eigenvalue weighted by Gasteiger charge is 2.38. The molecule has 1 saturated heterocycles. The van der Waals surface area contributed by atoms with Crippen molar-refractivity contribution in [2.75, 3.05) is 45.7 Å². The molecule has 0 spiro atoms. The van der Waals surface area contributed by atoms with Crippen LogP contribution in [0.2, 0.25) is 0 Å². The maximum Gasteiger partial charge on any atom is 0.416 e. The highest BCUT2D eigenvalue weighted by Crippen LogP contribution is 2.33. The minimum atomic E-state index is -4.45. The quantitative estimate of drug-likeness (QED) is 0.576. The first-order valence-electron chi connectivity index (χ1n) is 12.4. The number of amides is 2. The number of ether oxygens (including phenoxy) is 2. The number of nitrogens with zero attached hydrogens (tertiary/aromatic N) is 2. The summed E-state index contributed by atoms with van der Waals surface area (Å²) < 4.78 is 49.2. The van der Waals surface area contributed by atoms with E-state index in [0.717, 1.165) is 37.8 Å². The van der Waals surface area contributed by atoms with Gasteiger partial charge in [0, 0.05) is 55.6 Å². The fourth-order valence-corrected chi connectivity index (χ4v) is 5.23. The van der Waals surface area contributed by atoms with Gasteiger partial charge >= 0.3 is 6.18 Å². The third kappa shape index (κ3) is 6.36. The fraction of sp³-hybridized carbons (Fsp3) is 0.481. The van der Waals surface area contributed by atoms with Gasteiger partial charge in [-0.2, -0.15) is 13.2 Å². The first kappa shape index (κ1) is 26.8. The molecule has 0 radical (unpaired) electrons. The number of piperazine rings is 1. The highest BCUT2D eigenvalue weighted by molar-refractivity contribution is 5.96. The van der Waals surface area contributed by atoms with E-state index in [9.17, 15) is 22.8 Å². The van der Waals surface area contributed by atoms with Gasteiger partial charge in [0.15, 0.2) is 0 Å². The number of carbonyl (C=O) groups excluding carboxylic acids is 2. The van der Waals surface area contributed by atoms with Gasteiger partial charge in [0.25, 0.3) is 5.91 Å². The van der Waals surface area contributed by atoms with Crippen LogP contribution in [-0.4, -0.2) is 68.1 Å². The van der Waals surface area contributed by atoms with Crippen LogP contribution in [0.15, 0.2) is 42.5 Å². The van der Waals surface area contributed by atoms with Gasteiger partial charge in [0.2, 0.25) is 5.91 Å². The monoisotopic (exact) mass is 519 g/mol. The zero-order valence-electron chi connectivity index (χ0n) is 21.0. The van der Waals surface area contributed by atoms with Crippen LogP contribution in [0.4, 0.5) is 18.9 Å². The third-order valence-electron chi connectivity index (χ3n) is 7.19. The Kier molecular flexibility index (Phi) is 8.26. The molecule has 0 unspecified atom stereocenters. The van der Waals surface area contributed by atoms with E-state index in [0.29, 0.717) is 43.4 Å². The number of nitrogens with one attached hydrogen (secondary N) is 1. The third-order valence-corrected chi connectivity index (χ3v) is 7.19. The lowest BCUT2D eigenvalue weighted by atomic mass is 9.94. The molecule has 1 aliphatic carbocycles. The van der Waals surface area contributed by atoms with Crippen LogP contribution in [-0.2, 0) is 11.0 Å². The molecule has 1 atom stereocenters. The van der Waals surface area contributed by atoms with Gasteiger partial charge in [0.1, 0.15) is 11.5 Å². The van der Waals surface area contributed by atoms with Crippen molar-refractivity contribution in [1.82, 2.24) is 9.80 Å². The minimum Gasteiger partial charge on any atom is -0.497 e. The minimum absolute atomic E-state index is 0.107. The topological polar surface area (TPSA) is 71.1 Å². The summed E-state index contributed by atoms with van der Waals surface area (Å²) in [5.41, 5.74) is 0.0202. The summed E-state index contributed by atoms with van der Waals surface area (Å²) in [5.74, 6) is 0.943. The molecule has 1 saturated carbocycles. The van der Waals surface area contributed by atoms with Crippen molar-refractivity contribution in [2.24, 2.45) is 5.92 Å². The number of halogens is 3. The van der Waals surface area contributed by atoms with Crippen LogP contribution in [0.1, 0.15) is 41.6 Å². The molecule has 1 N–H and O–H groups in total. The van der Waals surface area contributed by atoms with Crippen LogP contribution in [0.5, 0.6) is 11.5 Å². The molecule has 2 amide bonds. The zero-order chi connectivity index (χ0) is 26.6. The average Bonchev–Trinajstić information content (AvgIpc) is 3.42. The van der Waals surface area contributed by atoms with Crippen molar-refractivity contribution in [3.63, 3.8) is 0 Å². The first-order valence-corrected chi connectivity index (χ1v) is 12.4. The summed E-state index contributed by atoms with van der Waals surface area (Å²) in [6, 6.07) is 9.16. The molecular weight excluding hydrogens is 487 g/mol. The summed E-state index contributed by atoms with van der Waals surface area (Å²) in [7, 11) is 3.10. The lowest BCUT2D eigenvalue weighted by molar-refractivity contribution is -0.137. The SMILES string of the molecule is COc1cc(NC(=O)[C@H](C2CCCC2)N2CCN(C(=O)c3ccc(C(F)(F)F)cc3)CC2)cc(OC)c1. The van der Waals surface area contributed by atoms with Crippen LogP contribution in [0, 0.1) is 5.92 Å². The maximum absolute atomic E-state index is 13.5. The molecule has 200 valence electrons. The van der Waals surface area contributed by atoms with Crippen molar-refractivity contribution in [2.45, 2.75) is 37.9 Å². The summed E-state index contributed by atoms with van der Waals surface area (Å²) in [4.78, 5) is 30.2. The zero-order valence-corrected chi connectivity index (χ0v) is 21.0. The number of carbonyl (C=O) groups is 2. The second-order valence-corrected chi connectivity index (χ2v) is 9.48. The molecule has 7 nitrogen and oxygen atoms in total. The molecule has 10 heteroatoms. The fourth-order valence-electron chi connectivity index (χ4n) is 5.23. The smallest absolute Gasteiger partial charge is 0.416 e. The Morgan fingerprint density at radius 2 is 1.49 bits per heavy atom. The van der Waals surface area contributed by atoms with Crippen LogP contribution in [0.3, 0.4) is 0 Å². The van der Waals surface area contributed by atoms with E-state index in [2.05, 4.69) is 10.2 Å². The molecule has 37 heavy (non-hydrogen) atoms. The Labute approximate surface area is 214 Å². The molecule has 4 rings (SSSR count). The lowest BCUT2D eigenvalue weighted by Crippen LogP contribution is -2.56. The Morgan fingerprint density at radius 1 is 0.919 bits per heavy atom. The van der Waals surface area contributed by atoms with Gasteiger partial charge in [-0.1, -0.05) is 12.8 Å². The number of hydrogen-bond acceptors (Lipinski definition) is 5. The van der Waals surface area contributed by atoms with Crippen LogP contribution < -0.4 is 14.8 Å². The Bertz CT molecular complexity index is 1070. The number of rotatable bonds is 7. The number of alkyl halides is 3. The Morgan fingerprint density at radius 3 is 2.00 bits per heavy atom. The molecule has 0 bridgehead atoms. The Balaban J connectivity index is 1.43. The molecular formula is C27H32F3N3O4. The number of benzene rings is 2. The molecule has 2 aromatic rings. The van der Waals surface area contributed by atoms with E-state index in [4.69, 9.17) is 9.47 Å². The van der Waals surface area contributed by atoms with Crippen molar-refractivity contribution in [3.05, 3.63) is 53.6 Å². The summed E-state index contributed by atoms with van der Waals surface area (Å²) in [6.45, 7) is 1.79. The van der Waals surface area contributed by atoms with E-state index in [-0.39, 0.29) is 29.3 Å². The highest BCUT2D eigenvalue weighted by atomic mass is 19.4. The molecule has 0 aromatic heterocycles. The number of methoxy groups -OCH3 is 2. The molecule has 2 aromatic carbocycles. The maximum atomic E-state index is 13.5. The Hall–Kier alpha value is -3.27. The predicted octanol–water partition coefficient (Wildman–Crippen LogP) is 4.68. The van der Waals surface area contributed by atoms with E-state index < -0.39 is 11.7 Å². The predicted molar refractivity (Wildman–Crippen MR) is 133 cm³/mol. The van der Waals surface area contributed by atoms with Crippen LogP contribution >= 0.6 is 0 Å². The van der Waals surface area contributed by atoms with Gasteiger partial charge < -0.3 is 19.7 Å². The van der Waals surface area contributed by atoms with Crippen molar-refractivity contribution in [3.8, 4) is 11.5 Å². The molecule has 2 fully saturated rings. The van der Waals surface area contributed by atoms with E-state index >= 15 is 0 Å². The van der Waals surface area contributed by atoms with Gasteiger partial charge in [-0.25, -0.2) is 0 Å². The van der Waals surface area contributed by atoms with Crippen LogP contribution in [0.25, 0.3) is 0 Å². The average molecular weight is 520 g/mol. The van der Waals surface area contributed by atoms with Gasteiger partial charge in [0.05, 0.1) is 25.8 Å². The molecule has 1 heterocycles. The summed E-state index contributed by atoms with van der Waals surface area (Å²) in [6.07, 6.45) is -0.366. The van der Waals surface area contributed by atoms with Crippen molar-refractivity contribution in [1.29, 1.82) is 0 Å². The lowest BCUT2D eigenvalue weighted by Gasteiger charge is -2.40. The normalized spacial score (nSPS) is 17.9. The second-order valence-electron chi connectivity index (χ2n) is 9.48. The largest absolute Gasteiger partial charge is 0.497 e. The van der Waals surface area contributed by atoms with Crippen molar-refractivity contribution < 1.29 is 32.2 Å². The van der Waals surface area contributed by atoms with Crippen molar-refractivity contribution >= 4 is 17.5 Å². The van der Waals surface area contributed by atoms with E-state index in [1.54, 1.807) is 37.3 Å². The summed E-state index contributed by atoms with van der Waals surface area (Å²) in [5, 5.41) is 3.03. The second kappa shape index (κ2) is 11.4.